The van der Waals surface area contributed by atoms with E-state index in [4.69, 9.17) is 4.74 Å². The third kappa shape index (κ3) is 3.08. The van der Waals surface area contributed by atoms with E-state index in [9.17, 15) is 9.18 Å². The van der Waals surface area contributed by atoms with Crippen LogP contribution in [0.5, 0.6) is 0 Å². The van der Waals surface area contributed by atoms with Crippen molar-refractivity contribution in [3.05, 3.63) is 60.3 Å². The Balaban J connectivity index is 1.59. The van der Waals surface area contributed by atoms with Gasteiger partial charge >= 0.3 is 0 Å². The van der Waals surface area contributed by atoms with Crippen LogP contribution in [0.2, 0.25) is 0 Å². The van der Waals surface area contributed by atoms with Crippen LogP contribution in [0, 0.1) is 5.82 Å². The molecule has 1 aliphatic heterocycles. The molecule has 1 unspecified atom stereocenters. The second kappa shape index (κ2) is 6.88. The Labute approximate surface area is 151 Å². The highest BCUT2D eigenvalue weighted by Crippen LogP contribution is 2.30. The van der Waals surface area contributed by atoms with Crippen molar-refractivity contribution in [3.8, 4) is 5.69 Å². The van der Waals surface area contributed by atoms with Crippen molar-refractivity contribution in [3.63, 3.8) is 0 Å². The Kier molecular flexibility index (Phi) is 4.42. The maximum Gasteiger partial charge on any atom is 0.248 e. The smallest absolute Gasteiger partial charge is 0.248 e. The molecule has 134 valence electrons. The maximum atomic E-state index is 13.5. The Morgan fingerprint density at radius 2 is 2.19 bits per heavy atom. The van der Waals surface area contributed by atoms with Crippen molar-refractivity contribution >= 4 is 16.8 Å². The lowest BCUT2D eigenvalue weighted by molar-refractivity contribution is -0.134. The van der Waals surface area contributed by atoms with Crippen LogP contribution in [0.3, 0.4) is 0 Å². The number of aromatic nitrogens is 2. The lowest BCUT2D eigenvalue weighted by Gasteiger charge is -2.16. The third-order valence-corrected chi connectivity index (χ3v) is 4.96. The Hall–Kier alpha value is -2.73. The van der Waals surface area contributed by atoms with E-state index in [1.165, 1.54) is 24.9 Å². The molecule has 0 bridgehead atoms. The lowest BCUT2D eigenvalue weighted by atomic mass is 9.97. The fourth-order valence-electron chi connectivity index (χ4n) is 3.65. The molecular weight excluding hydrogens is 333 g/mol. The average Bonchev–Trinajstić information content (AvgIpc) is 3.29. The van der Waals surface area contributed by atoms with Gasteiger partial charge in [-0.1, -0.05) is 6.07 Å². The summed E-state index contributed by atoms with van der Waals surface area (Å²) in [6.07, 6.45) is 5.72. The minimum Gasteiger partial charge on any atom is -0.375 e. The third-order valence-electron chi connectivity index (χ3n) is 4.96. The van der Waals surface area contributed by atoms with E-state index < -0.39 is 0 Å². The summed E-state index contributed by atoms with van der Waals surface area (Å²) in [5, 5.41) is 1.09. The number of halogens is 1. The van der Waals surface area contributed by atoms with Gasteiger partial charge in [0.25, 0.3) is 0 Å². The second-order valence-electron chi connectivity index (χ2n) is 6.62. The first-order chi connectivity index (χ1) is 12.7. The van der Waals surface area contributed by atoms with Gasteiger partial charge in [-0.3, -0.25) is 9.78 Å². The zero-order chi connectivity index (χ0) is 18.1. The zero-order valence-electron chi connectivity index (χ0n) is 14.6. The molecule has 1 aromatic carbocycles. The van der Waals surface area contributed by atoms with E-state index in [1.807, 2.05) is 21.7 Å². The summed E-state index contributed by atoms with van der Waals surface area (Å²) < 4.78 is 20.3. The first-order valence-electron chi connectivity index (χ1n) is 8.64. The van der Waals surface area contributed by atoms with Crippen molar-refractivity contribution in [1.29, 1.82) is 0 Å². The molecule has 26 heavy (non-hydrogen) atoms. The van der Waals surface area contributed by atoms with Crippen molar-refractivity contribution < 1.29 is 13.9 Å². The molecule has 3 aromatic rings. The highest BCUT2D eigenvalue weighted by molar-refractivity contribution is 5.83. The molecular formula is C20H20FN3O2. The summed E-state index contributed by atoms with van der Waals surface area (Å²) >= 11 is 0. The number of methoxy groups -OCH3 is 1. The van der Waals surface area contributed by atoms with Crippen molar-refractivity contribution in [2.45, 2.75) is 12.3 Å². The summed E-state index contributed by atoms with van der Waals surface area (Å²) in [5.74, 6) is 0.0213. The van der Waals surface area contributed by atoms with Gasteiger partial charge in [0.05, 0.1) is 23.6 Å². The van der Waals surface area contributed by atoms with Gasteiger partial charge < -0.3 is 14.2 Å². The molecule has 0 spiro atoms. The van der Waals surface area contributed by atoms with Crippen LogP contribution in [0.15, 0.2) is 48.9 Å². The normalized spacial score (nSPS) is 17.2. The number of likely N-dealkylation sites (tertiary alicyclic amines) is 1. The number of amides is 1. The molecule has 3 heterocycles. The van der Waals surface area contributed by atoms with E-state index in [0.717, 1.165) is 30.4 Å². The molecule has 0 aliphatic carbocycles. The molecule has 2 aromatic heterocycles. The Bertz CT molecular complexity index is 953. The predicted molar refractivity (Wildman–Crippen MR) is 96.8 cm³/mol. The van der Waals surface area contributed by atoms with Gasteiger partial charge in [0, 0.05) is 43.8 Å². The summed E-state index contributed by atoms with van der Waals surface area (Å²) in [5.41, 5.74) is 2.93. The number of benzene rings is 1. The van der Waals surface area contributed by atoms with Crippen molar-refractivity contribution in [2.24, 2.45) is 0 Å². The number of rotatable bonds is 4. The molecule has 1 amide bonds. The lowest BCUT2D eigenvalue weighted by Crippen LogP contribution is -2.31. The van der Waals surface area contributed by atoms with E-state index in [0.29, 0.717) is 11.6 Å². The number of nitrogens with zero attached hydrogens (tertiary/aromatic N) is 3. The van der Waals surface area contributed by atoms with Crippen molar-refractivity contribution in [2.75, 3.05) is 26.8 Å². The number of carbonyl (C=O) groups excluding carboxylic acids is 1. The van der Waals surface area contributed by atoms with E-state index in [-0.39, 0.29) is 18.3 Å². The molecule has 0 radical (unpaired) electrons. The summed E-state index contributed by atoms with van der Waals surface area (Å²) in [6.45, 7) is 1.62. The average molecular weight is 353 g/mol. The maximum absolute atomic E-state index is 13.5. The molecule has 1 atom stereocenters. The standard InChI is InChI=1S/C20H20FN3O2/c1-26-13-20(25)23-6-4-16(12-23)14-2-3-19-15(8-14)5-7-24(19)18-9-17(21)10-22-11-18/h2-3,5,7-11,16H,4,6,12-13H2,1H3. The summed E-state index contributed by atoms with van der Waals surface area (Å²) in [7, 11) is 1.54. The molecule has 1 saturated heterocycles. The van der Waals surface area contributed by atoms with E-state index >= 15 is 0 Å². The number of pyridine rings is 1. The van der Waals surface area contributed by atoms with Gasteiger partial charge in [0.1, 0.15) is 12.4 Å². The summed E-state index contributed by atoms with van der Waals surface area (Å²) in [4.78, 5) is 17.8. The van der Waals surface area contributed by atoms with Crippen LogP contribution in [0.4, 0.5) is 4.39 Å². The van der Waals surface area contributed by atoms with Gasteiger partial charge in [-0.15, -0.1) is 0 Å². The summed E-state index contributed by atoms with van der Waals surface area (Å²) in [6, 6.07) is 9.80. The van der Waals surface area contributed by atoms with Crippen LogP contribution >= 0.6 is 0 Å². The van der Waals surface area contributed by atoms with Crippen LogP contribution in [0.25, 0.3) is 16.6 Å². The number of hydrogen-bond donors (Lipinski definition) is 0. The largest absolute Gasteiger partial charge is 0.375 e. The monoisotopic (exact) mass is 353 g/mol. The topological polar surface area (TPSA) is 47.4 Å². The number of hydrogen-bond acceptors (Lipinski definition) is 3. The van der Waals surface area contributed by atoms with Crippen LogP contribution in [-0.2, 0) is 9.53 Å². The predicted octanol–water partition coefficient (Wildman–Crippen LogP) is 3.13. The molecule has 0 N–H and O–H groups in total. The molecule has 0 saturated carbocycles. The second-order valence-corrected chi connectivity index (χ2v) is 6.62. The van der Waals surface area contributed by atoms with Crippen molar-refractivity contribution in [1.82, 2.24) is 14.5 Å². The van der Waals surface area contributed by atoms with Crippen LogP contribution < -0.4 is 0 Å². The SMILES string of the molecule is COCC(=O)N1CCC(c2ccc3c(ccn3-c3cncc(F)c3)c2)C1. The highest BCUT2D eigenvalue weighted by atomic mass is 19.1. The first kappa shape index (κ1) is 16.7. The van der Waals surface area contributed by atoms with Gasteiger partial charge in [-0.05, 0) is 30.2 Å². The number of carbonyl (C=O) groups is 1. The molecule has 4 rings (SSSR count). The highest BCUT2D eigenvalue weighted by Gasteiger charge is 2.27. The molecule has 1 fully saturated rings. The minimum absolute atomic E-state index is 0.0424. The minimum atomic E-state index is -0.354. The fourth-order valence-corrected chi connectivity index (χ4v) is 3.65. The van der Waals surface area contributed by atoms with Gasteiger partial charge in [0.2, 0.25) is 5.91 Å². The molecule has 5 nitrogen and oxygen atoms in total. The van der Waals surface area contributed by atoms with Gasteiger partial charge in [-0.25, -0.2) is 4.39 Å². The van der Waals surface area contributed by atoms with Gasteiger partial charge in [-0.2, -0.15) is 0 Å². The zero-order valence-corrected chi connectivity index (χ0v) is 14.6. The molecule has 1 aliphatic rings. The van der Waals surface area contributed by atoms with Crippen LogP contribution in [-0.4, -0.2) is 47.2 Å². The Morgan fingerprint density at radius 3 is 3.00 bits per heavy atom. The molecule has 6 heteroatoms. The van der Waals surface area contributed by atoms with E-state index in [1.54, 1.807) is 6.20 Å². The number of fused-ring (bicyclic) bond motifs is 1. The Morgan fingerprint density at radius 1 is 1.31 bits per heavy atom. The first-order valence-corrected chi connectivity index (χ1v) is 8.64. The number of ether oxygens (including phenoxy) is 1. The van der Waals surface area contributed by atoms with Crippen LogP contribution in [0.1, 0.15) is 17.9 Å². The van der Waals surface area contributed by atoms with Gasteiger partial charge in [0.15, 0.2) is 0 Å². The quantitative estimate of drug-likeness (QED) is 0.724. The van der Waals surface area contributed by atoms with E-state index in [2.05, 4.69) is 23.2 Å². The fraction of sp³-hybridized carbons (Fsp3) is 0.300.